The van der Waals surface area contributed by atoms with Crippen LogP contribution in [0.15, 0.2) is 48.5 Å². The summed E-state index contributed by atoms with van der Waals surface area (Å²) < 4.78 is 13.0. The van der Waals surface area contributed by atoms with E-state index in [1.54, 1.807) is 24.3 Å². The predicted octanol–water partition coefficient (Wildman–Crippen LogP) is 3.48. The minimum atomic E-state index is -0.641. The van der Waals surface area contributed by atoms with Crippen LogP contribution in [0.25, 0.3) is 0 Å². The van der Waals surface area contributed by atoms with E-state index in [4.69, 9.17) is 11.6 Å². The van der Waals surface area contributed by atoms with E-state index >= 15 is 0 Å². The Kier molecular flexibility index (Phi) is 5.58. The summed E-state index contributed by atoms with van der Waals surface area (Å²) >= 11 is 6.96. The zero-order valence-corrected chi connectivity index (χ0v) is 15.0. The van der Waals surface area contributed by atoms with E-state index in [1.165, 1.54) is 24.3 Å². The van der Waals surface area contributed by atoms with Crippen molar-refractivity contribution in [3.63, 3.8) is 0 Å². The fourth-order valence-corrected chi connectivity index (χ4v) is 3.66. The van der Waals surface area contributed by atoms with Gasteiger partial charge >= 0.3 is 0 Å². The van der Waals surface area contributed by atoms with Gasteiger partial charge in [0.25, 0.3) is 0 Å². The Labute approximate surface area is 158 Å². The normalized spacial score (nSPS) is 16.8. The number of imide groups is 1. The first-order valence-corrected chi connectivity index (χ1v) is 9.16. The average molecular weight is 393 g/mol. The maximum Gasteiger partial charge on any atom is 0.247 e. The molecule has 0 saturated carbocycles. The highest BCUT2D eigenvalue weighted by Gasteiger charge is 2.40. The van der Waals surface area contributed by atoms with E-state index < -0.39 is 17.0 Å². The van der Waals surface area contributed by atoms with Gasteiger partial charge in [-0.3, -0.25) is 14.4 Å². The molecule has 1 heterocycles. The predicted molar refractivity (Wildman–Crippen MR) is 99.8 cm³/mol. The van der Waals surface area contributed by atoms with Crippen LogP contribution in [0.5, 0.6) is 0 Å². The summed E-state index contributed by atoms with van der Waals surface area (Å²) in [7, 11) is 0. The smallest absolute Gasteiger partial charge is 0.247 e. The van der Waals surface area contributed by atoms with Crippen LogP contribution in [0.3, 0.4) is 0 Å². The molecule has 3 rings (SSSR count). The summed E-state index contributed by atoms with van der Waals surface area (Å²) in [5.41, 5.74) is 0.887. The van der Waals surface area contributed by atoms with Crippen LogP contribution < -0.4 is 10.2 Å². The number of hydrogen-bond donors (Lipinski definition) is 1. The third kappa shape index (κ3) is 4.23. The summed E-state index contributed by atoms with van der Waals surface area (Å²) in [4.78, 5) is 37.7. The van der Waals surface area contributed by atoms with Gasteiger partial charge in [-0.2, -0.15) is 0 Å². The Balaban J connectivity index is 1.59. The SMILES string of the molecule is O=C(CSC1CC(=O)N(c2ccc(F)cc2)C1=O)Nc1cccc(Cl)c1. The summed E-state index contributed by atoms with van der Waals surface area (Å²) in [6, 6.07) is 11.9. The molecule has 0 aliphatic carbocycles. The molecule has 1 fully saturated rings. The van der Waals surface area contributed by atoms with E-state index in [1.807, 2.05) is 0 Å². The number of amides is 3. The van der Waals surface area contributed by atoms with Gasteiger partial charge in [-0.25, -0.2) is 9.29 Å². The van der Waals surface area contributed by atoms with Gasteiger partial charge in [0, 0.05) is 17.1 Å². The topological polar surface area (TPSA) is 66.5 Å². The molecule has 2 aromatic carbocycles. The molecule has 1 aliphatic heterocycles. The summed E-state index contributed by atoms with van der Waals surface area (Å²) in [5.74, 6) is -1.49. The molecule has 0 radical (unpaired) electrons. The van der Waals surface area contributed by atoms with Crippen molar-refractivity contribution in [2.24, 2.45) is 0 Å². The first-order chi connectivity index (χ1) is 12.4. The highest BCUT2D eigenvalue weighted by Crippen LogP contribution is 2.29. The first-order valence-electron chi connectivity index (χ1n) is 7.73. The second-order valence-electron chi connectivity index (χ2n) is 5.61. The van der Waals surface area contributed by atoms with Crippen LogP contribution in [0.4, 0.5) is 15.8 Å². The van der Waals surface area contributed by atoms with E-state index in [0.29, 0.717) is 16.4 Å². The van der Waals surface area contributed by atoms with E-state index in [9.17, 15) is 18.8 Å². The Morgan fingerprint density at radius 3 is 2.65 bits per heavy atom. The fourth-order valence-electron chi connectivity index (χ4n) is 2.54. The molecule has 26 heavy (non-hydrogen) atoms. The number of halogens is 2. The molecule has 2 aromatic rings. The maximum atomic E-state index is 13.0. The van der Waals surface area contributed by atoms with Gasteiger partial charge in [0.1, 0.15) is 5.82 Å². The second kappa shape index (κ2) is 7.88. The van der Waals surface area contributed by atoms with Gasteiger partial charge in [-0.1, -0.05) is 17.7 Å². The molecule has 3 amide bonds. The van der Waals surface area contributed by atoms with E-state index in [-0.39, 0.29) is 24.0 Å². The maximum absolute atomic E-state index is 13.0. The summed E-state index contributed by atoms with van der Waals surface area (Å²) in [6.45, 7) is 0. The molecule has 8 heteroatoms. The third-order valence-electron chi connectivity index (χ3n) is 3.71. The lowest BCUT2D eigenvalue weighted by molar-refractivity contribution is -0.121. The molecule has 1 unspecified atom stereocenters. The van der Waals surface area contributed by atoms with Crippen molar-refractivity contribution in [2.75, 3.05) is 16.0 Å². The molecule has 0 bridgehead atoms. The summed E-state index contributed by atoms with van der Waals surface area (Å²) in [6.07, 6.45) is 0.00528. The quantitative estimate of drug-likeness (QED) is 0.791. The molecule has 134 valence electrons. The van der Waals surface area contributed by atoms with Gasteiger partial charge in [-0.05, 0) is 42.5 Å². The fraction of sp³-hybridized carbons (Fsp3) is 0.167. The summed E-state index contributed by atoms with van der Waals surface area (Å²) in [5, 5.41) is 2.55. The number of nitrogens with one attached hydrogen (secondary N) is 1. The Hall–Kier alpha value is -2.38. The molecule has 1 N–H and O–H groups in total. The molecular weight excluding hydrogens is 379 g/mol. The molecule has 1 aliphatic rings. The van der Waals surface area contributed by atoms with Crippen LogP contribution in [-0.2, 0) is 14.4 Å². The van der Waals surface area contributed by atoms with Crippen LogP contribution in [0.2, 0.25) is 5.02 Å². The lowest BCUT2D eigenvalue weighted by atomic mass is 10.3. The van der Waals surface area contributed by atoms with Crippen LogP contribution in [-0.4, -0.2) is 28.7 Å². The highest BCUT2D eigenvalue weighted by atomic mass is 35.5. The zero-order valence-electron chi connectivity index (χ0n) is 13.4. The number of carbonyl (C=O) groups excluding carboxylic acids is 3. The minimum Gasteiger partial charge on any atom is -0.325 e. The number of thioether (sulfide) groups is 1. The van der Waals surface area contributed by atoms with Gasteiger partial charge in [0.2, 0.25) is 17.7 Å². The molecule has 0 spiro atoms. The second-order valence-corrected chi connectivity index (χ2v) is 7.23. The standard InChI is InChI=1S/C18H14ClFN2O3S/c19-11-2-1-3-13(8-11)21-16(23)10-26-15-9-17(24)22(18(15)25)14-6-4-12(20)5-7-14/h1-8,15H,9-10H2,(H,21,23). The minimum absolute atomic E-state index is 0.00528. The Morgan fingerprint density at radius 2 is 1.96 bits per heavy atom. The largest absolute Gasteiger partial charge is 0.325 e. The average Bonchev–Trinajstić information content (AvgIpc) is 2.88. The van der Waals surface area contributed by atoms with Crippen molar-refractivity contribution < 1.29 is 18.8 Å². The molecular formula is C18H14ClFN2O3S. The third-order valence-corrected chi connectivity index (χ3v) is 5.15. The van der Waals surface area contributed by atoms with E-state index in [0.717, 1.165) is 16.7 Å². The first kappa shape index (κ1) is 18.4. The van der Waals surface area contributed by atoms with Crippen molar-refractivity contribution >= 4 is 52.5 Å². The highest BCUT2D eigenvalue weighted by molar-refractivity contribution is 8.01. The number of rotatable bonds is 5. The van der Waals surface area contributed by atoms with Crippen molar-refractivity contribution in [2.45, 2.75) is 11.7 Å². The van der Waals surface area contributed by atoms with Crippen molar-refractivity contribution in [3.05, 3.63) is 59.4 Å². The lowest BCUT2D eigenvalue weighted by Gasteiger charge is -2.14. The molecule has 5 nitrogen and oxygen atoms in total. The van der Waals surface area contributed by atoms with Crippen LogP contribution in [0, 0.1) is 5.82 Å². The lowest BCUT2D eigenvalue weighted by Crippen LogP contribution is -2.31. The Bertz CT molecular complexity index is 860. The Morgan fingerprint density at radius 1 is 1.23 bits per heavy atom. The number of nitrogens with zero attached hydrogens (tertiary/aromatic N) is 1. The number of carbonyl (C=O) groups is 3. The van der Waals surface area contributed by atoms with Crippen LogP contribution in [0.1, 0.15) is 6.42 Å². The monoisotopic (exact) mass is 392 g/mol. The van der Waals surface area contributed by atoms with Crippen molar-refractivity contribution in [1.82, 2.24) is 0 Å². The van der Waals surface area contributed by atoms with Crippen LogP contribution >= 0.6 is 23.4 Å². The number of anilines is 2. The number of benzene rings is 2. The number of hydrogen-bond acceptors (Lipinski definition) is 4. The van der Waals surface area contributed by atoms with Crippen molar-refractivity contribution in [1.29, 1.82) is 0 Å². The zero-order chi connectivity index (χ0) is 18.7. The van der Waals surface area contributed by atoms with Gasteiger partial charge in [0.15, 0.2) is 0 Å². The van der Waals surface area contributed by atoms with Crippen molar-refractivity contribution in [3.8, 4) is 0 Å². The van der Waals surface area contributed by atoms with E-state index in [2.05, 4.69) is 5.32 Å². The molecule has 1 atom stereocenters. The van der Waals surface area contributed by atoms with Gasteiger partial charge < -0.3 is 5.32 Å². The molecule has 0 aromatic heterocycles. The van der Waals surface area contributed by atoms with Gasteiger partial charge in [-0.15, -0.1) is 11.8 Å². The van der Waals surface area contributed by atoms with Gasteiger partial charge in [0.05, 0.1) is 16.7 Å². The molecule has 1 saturated heterocycles.